The zero-order chi connectivity index (χ0) is 25.1. The van der Waals surface area contributed by atoms with E-state index in [0.29, 0.717) is 11.5 Å². The van der Waals surface area contributed by atoms with Crippen LogP contribution in [0.15, 0.2) is 107 Å². The van der Waals surface area contributed by atoms with Gasteiger partial charge >= 0.3 is 0 Å². The summed E-state index contributed by atoms with van der Waals surface area (Å²) >= 11 is 0. The van der Waals surface area contributed by atoms with E-state index in [1.807, 2.05) is 0 Å². The van der Waals surface area contributed by atoms with Gasteiger partial charge in [0.05, 0.1) is 21.2 Å². The van der Waals surface area contributed by atoms with Gasteiger partial charge in [-0.15, -0.1) is 0 Å². The highest BCUT2D eigenvalue weighted by Gasteiger charge is 2.16. The van der Waals surface area contributed by atoms with Crippen molar-refractivity contribution in [3.8, 4) is 11.5 Å². The number of benzene rings is 4. The van der Waals surface area contributed by atoms with Crippen molar-refractivity contribution in [2.24, 2.45) is 0 Å². The van der Waals surface area contributed by atoms with Crippen molar-refractivity contribution in [3.05, 3.63) is 109 Å². The average molecular weight is 517 g/mol. The van der Waals surface area contributed by atoms with E-state index >= 15 is 0 Å². The fraction of sp³-hybridized carbons (Fsp3) is 0. The van der Waals surface area contributed by atoms with Gasteiger partial charge in [-0.3, -0.25) is 9.44 Å². The van der Waals surface area contributed by atoms with Crippen LogP contribution < -0.4 is 14.2 Å². The Morgan fingerprint density at radius 3 is 1.26 bits per heavy atom. The summed E-state index contributed by atoms with van der Waals surface area (Å²) in [6, 6.07) is 21.1. The molecule has 0 aliphatic heterocycles. The summed E-state index contributed by atoms with van der Waals surface area (Å²) in [5.41, 5.74) is 0.180. The molecule has 0 aromatic heterocycles. The van der Waals surface area contributed by atoms with E-state index in [1.54, 1.807) is 0 Å². The number of anilines is 2. The van der Waals surface area contributed by atoms with Gasteiger partial charge < -0.3 is 4.74 Å². The molecule has 0 unspecified atom stereocenters. The van der Waals surface area contributed by atoms with Crippen molar-refractivity contribution >= 4 is 31.4 Å². The molecule has 0 aliphatic rings. The van der Waals surface area contributed by atoms with Gasteiger partial charge in [0.15, 0.2) is 0 Å². The van der Waals surface area contributed by atoms with Crippen LogP contribution in [-0.2, 0) is 20.0 Å². The molecule has 7 nitrogen and oxygen atoms in total. The first-order valence-corrected chi connectivity index (χ1v) is 13.0. The smallest absolute Gasteiger partial charge is 0.261 e. The maximum absolute atomic E-state index is 13.3. The summed E-state index contributed by atoms with van der Waals surface area (Å²) in [6.45, 7) is 0. The normalized spacial score (nSPS) is 11.6. The molecule has 4 aromatic rings. The Balaban J connectivity index is 1.43. The lowest BCUT2D eigenvalue weighted by molar-refractivity contribution is 0.481. The third-order valence-corrected chi connectivity index (χ3v) is 7.45. The van der Waals surface area contributed by atoms with E-state index in [0.717, 1.165) is 12.1 Å². The van der Waals surface area contributed by atoms with Crippen LogP contribution in [0.25, 0.3) is 0 Å². The molecule has 0 aliphatic carbocycles. The van der Waals surface area contributed by atoms with Gasteiger partial charge in [-0.05, 0) is 84.9 Å². The molecule has 4 aromatic carbocycles. The first-order valence-electron chi connectivity index (χ1n) is 10.1. The minimum absolute atomic E-state index is 0.0565. The van der Waals surface area contributed by atoms with E-state index in [4.69, 9.17) is 4.74 Å². The summed E-state index contributed by atoms with van der Waals surface area (Å²) in [5, 5.41) is 0. The van der Waals surface area contributed by atoms with Crippen molar-refractivity contribution in [2.45, 2.75) is 9.79 Å². The van der Waals surface area contributed by atoms with Crippen LogP contribution in [0.5, 0.6) is 11.5 Å². The summed E-state index contributed by atoms with van der Waals surface area (Å²) in [6.07, 6.45) is 0. The molecular formula is C24H18F2N2O5S2. The van der Waals surface area contributed by atoms with E-state index < -0.39 is 31.7 Å². The minimum atomic E-state index is -3.94. The molecule has 0 amide bonds. The molecule has 11 heteroatoms. The van der Waals surface area contributed by atoms with Crippen molar-refractivity contribution in [3.63, 3.8) is 0 Å². The van der Waals surface area contributed by atoms with Gasteiger partial charge in [0, 0.05) is 0 Å². The zero-order valence-corrected chi connectivity index (χ0v) is 19.5. The predicted molar refractivity (Wildman–Crippen MR) is 127 cm³/mol. The number of ether oxygens (including phenoxy) is 1. The van der Waals surface area contributed by atoms with E-state index in [1.165, 1.54) is 84.9 Å². The van der Waals surface area contributed by atoms with Crippen LogP contribution in [0, 0.1) is 11.6 Å². The molecular weight excluding hydrogens is 498 g/mol. The molecule has 2 N–H and O–H groups in total. The molecule has 0 fully saturated rings. The predicted octanol–water partition coefficient (Wildman–Crippen LogP) is 5.36. The number of hydrogen-bond donors (Lipinski definition) is 2. The van der Waals surface area contributed by atoms with Gasteiger partial charge in [0.2, 0.25) is 0 Å². The lowest BCUT2D eigenvalue weighted by Gasteiger charge is -2.11. The number of halogens is 2. The summed E-state index contributed by atoms with van der Waals surface area (Å²) in [5.74, 6) is -0.526. The highest BCUT2D eigenvalue weighted by atomic mass is 32.2. The Hall–Kier alpha value is -3.96. The van der Waals surface area contributed by atoms with Crippen LogP contribution in [0.1, 0.15) is 0 Å². The largest absolute Gasteiger partial charge is 0.457 e. The van der Waals surface area contributed by atoms with Crippen molar-refractivity contribution < 1.29 is 30.4 Å². The quantitative estimate of drug-likeness (QED) is 0.328. The number of nitrogens with one attached hydrogen (secondary N) is 2. The lowest BCUT2D eigenvalue weighted by atomic mass is 10.3. The first kappa shape index (κ1) is 24.2. The molecule has 0 atom stereocenters. The molecule has 0 spiro atoms. The molecule has 0 radical (unpaired) electrons. The molecule has 0 saturated carbocycles. The highest BCUT2D eigenvalue weighted by Crippen LogP contribution is 2.26. The number of hydrogen-bond acceptors (Lipinski definition) is 5. The van der Waals surface area contributed by atoms with Gasteiger partial charge in [0.1, 0.15) is 23.1 Å². The molecule has 0 heterocycles. The van der Waals surface area contributed by atoms with Gasteiger partial charge in [0.25, 0.3) is 20.0 Å². The number of rotatable bonds is 8. The van der Waals surface area contributed by atoms with Crippen molar-refractivity contribution in [1.29, 1.82) is 0 Å². The second-order valence-electron chi connectivity index (χ2n) is 7.28. The van der Waals surface area contributed by atoms with Gasteiger partial charge in [-0.2, -0.15) is 0 Å². The van der Waals surface area contributed by atoms with Crippen LogP contribution >= 0.6 is 0 Å². The Bertz CT molecular complexity index is 1440. The number of sulfonamides is 2. The summed E-state index contributed by atoms with van der Waals surface area (Å²) in [7, 11) is -7.88. The van der Waals surface area contributed by atoms with Crippen LogP contribution in [0.4, 0.5) is 20.2 Å². The van der Waals surface area contributed by atoms with Gasteiger partial charge in [-0.1, -0.05) is 12.1 Å². The highest BCUT2D eigenvalue weighted by molar-refractivity contribution is 7.93. The third kappa shape index (κ3) is 6.14. The monoisotopic (exact) mass is 516 g/mol. The van der Waals surface area contributed by atoms with Gasteiger partial charge in [-0.25, -0.2) is 25.6 Å². The molecule has 0 saturated heterocycles. The fourth-order valence-electron chi connectivity index (χ4n) is 3.04. The zero-order valence-electron chi connectivity index (χ0n) is 17.9. The maximum atomic E-state index is 13.3. The topological polar surface area (TPSA) is 102 Å². The molecule has 0 bridgehead atoms. The lowest BCUT2D eigenvalue weighted by Crippen LogP contribution is -2.13. The molecule has 35 heavy (non-hydrogen) atoms. The van der Waals surface area contributed by atoms with Crippen molar-refractivity contribution in [1.82, 2.24) is 0 Å². The second kappa shape index (κ2) is 9.72. The second-order valence-corrected chi connectivity index (χ2v) is 10.6. The summed E-state index contributed by atoms with van der Waals surface area (Å²) < 4.78 is 86.9. The van der Waals surface area contributed by atoms with E-state index in [-0.39, 0.29) is 21.2 Å². The molecule has 4 rings (SSSR count). The maximum Gasteiger partial charge on any atom is 0.261 e. The third-order valence-electron chi connectivity index (χ3n) is 4.66. The van der Waals surface area contributed by atoms with E-state index in [2.05, 4.69) is 9.44 Å². The van der Waals surface area contributed by atoms with Crippen LogP contribution in [0.3, 0.4) is 0 Å². The minimum Gasteiger partial charge on any atom is -0.457 e. The first-order chi connectivity index (χ1) is 16.6. The Labute approximate surface area is 201 Å². The Kier molecular flexibility index (Phi) is 6.72. The van der Waals surface area contributed by atoms with Crippen LogP contribution in [-0.4, -0.2) is 16.8 Å². The SMILES string of the molecule is O=S(=O)(Nc1cccc(F)c1)c1ccc(Oc2ccc(S(=O)(=O)Nc3cccc(F)c3)cc2)cc1. The Morgan fingerprint density at radius 2 is 0.914 bits per heavy atom. The fourth-order valence-corrected chi connectivity index (χ4v) is 5.14. The average Bonchev–Trinajstić information content (AvgIpc) is 2.79. The van der Waals surface area contributed by atoms with E-state index in [9.17, 15) is 25.6 Å². The van der Waals surface area contributed by atoms with Crippen molar-refractivity contribution in [2.75, 3.05) is 9.44 Å². The Morgan fingerprint density at radius 1 is 0.543 bits per heavy atom. The summed E-state index contributed by atoms with van der Waals surface area (Å²) in [4.78, 5) is -0.113. The standard InChI is InChI=1S/C24H18F2N2O5S2/c25-17-3-1-5-19(15-17)27-34(29,30)23-11-7-21(8-12-23)33-22-9-13-24(14-10-22)35(31,32)28-20-6-2-4-18(26)16-20/h1-16,27-28H. The molecule has 180 valence electrons. The van der Waals surface area contributed by atoms with Crippen LogP contribution in [0.2, 0.25) is 0 Å².